The molecule has 4 aromatic rings. The van der Waals surface area contributed by atoms with Gasteiger partial charge in [0, 0.05) is 45.1 Å². The number of thiophene rings is 2. The van der Waals surface area contributed by atoms with E-state index in [4.69, 9.17) is 28.6 Å². The average molecular weight is 687 g/mol. The van der Waals surface area contributed by atoms with E-state index in [1.54, 1.807) is 0 Å². The molecule has 2 N–H and O–H groups in total. The Morgan fingerprint density at radius 3 is 1.62 bits per heavy atom. The smallest absolute Gasteiger partial charge is 0.312 e. The van der Waals surface area contributed by atoms with Gasteiger partial charge in [0.25, 0.3) is 0 Å². The number of ketones is 2. The lowest BCUT2D eigenvalue weighted by Crippen LogP contribution is -2.20. The predicted octanol–water partition coefficient (Wildman–Crippen LogP) is 5.29. The Kier molecular flexibility index (Phi) is 10.2. The third-order valence-electron chi connectivity index (χ3n) is 6.28. The first-order valence-corrected chi connectivity index (χ1v) is 16.1. The zero-order valence-corrected chi connectivity index (χ0v) is 26.0. The van der Waals surface area contributed by atoms with Crippen molar-refractivity contribution in [2.75, 3.05) is 26.6 Å². The minimum Gasteiger partial charge on any atom is -0.493 e. The second-order valence-corrected chi connectivity index (χ2v) is 13.2. The normalized spacial score (nSPS) is 11.5. The molecular weight excluding hydrogens is 662 g/mol. The first-order chi connectivity index (χ1) is 21.2. The Morgan fingerprint density at radius 2 is 1.18 bits per heavy atom. The van der Waals surface area contributed by atoms with Crippen LogP contribution in [0.5, 0.6) is 23.0 Å². The first kappa shape index (κ1) is 33.5. The van der Waals surface area contributed by atoms with Gasteiger partial charge in [-0.05, 0) is 12.1 Å². The van der Waals surface area contributed by atoms with Crippen LogP contribution in [0.25, 0.3) is 20.2 Å². The molecule has 17 heteroatoms. The number of Topliss-reactive ketones (excluding diaryl/α,β-unsaturated/α-hetero) is 2. The van der Waals surface area contributed by atoms with Gasteiger partial charge in [-0.1, -0.05) is 0 Å². The quantitative estimate of drug-likeness (QED) is 0.115. The number of methoxy groups -OCH3 is 2. The van der Waals surface area contributed by atoms with Crippen molar-refractivity contribution in [3.63, 3.8) is 0 Å². The van der Waals surface area contributed by atoms with E-state index in [2.05, 4.69) is 0 Å². The summed E-state index contributed by atoms with van der Waals surface area (Å²) in [5, 5.41) is 17.4. The van der Waals surface area contributed by atoms with Crippen molar-refractivity contribution < 1.29 is 65.0 Å². The Morgan fingerprint density at radius 1 is 0.733 bits per heavy atom. The number of hydrogen-bond donors (Lipinski definition) is 2. The molecule has 45 heavy (non-hydrogen) atoms. The van der Waals surface area contributed by atoms with Gasteiger partial charge in [-0.2, -0.15) is 8.42 Å². The van der Waals surface area contributed by atoms with Gasteiger partial charge >= 0.3 is 22.1 Å². The second kappa shape index (κ2) is 13.7. The molecule has 0 atom stereocenters. The van der Waals surface area contributed by atoms with Crippen molar-refractivity contribution in [1.29, 1.82) is 0 Å². The molecule has 0 aliphatic rings. The number of halogens is 2. The largest absolute Gasteiger partial charge is 0.493 e. The highest BCUT2D eigenvalue weighted by Crippen LogP contribution is 2.42. The lowest BCUT2D eigenvalue weighted by molar-refractivity contribution is -0.137. The zero-order chi connectivity index (χ0) is 33.1. The molecule has 0 amide bonds. The van der Waals surface area contributed by atoms with E-state index < -0.39 is 82.0 Å². The average Bonchev–Trinajstić information content (AvgIpc) is 3.62. The van der Waals surface area contributed by atoms with Crippen LogP contribution in [-0.2, 0) is 19.7 Å². The molecule has 0 fully saturated rings. The molecule has 0 unspecified atom stereocenters. The van der Waals surface area contributed by atoms with E-state index in [1.807, 2.05) is 0 Å². The summed E-state index contributed by atoms with van der Waals surface area (Å²) in [4.78, 5) is 46.4. The molecule has 0 spiro atoms. The molecule has 2 heterocycles. The van der Waals surface area contributed by atoms with Gasteiger partial charge in [0.2, 0.25) is 5.75 Å². The number of carbonyl (C=O) groups is 4. The predicted molar refractivity (Wildman–Crippen MR) is 159 cm³/mol. The van der Waals surface area contributed by atoms with Crippen LogP contribution in [0.15, 0.2) is 24.3 Å². The molecule has 2 aromatic carbocycles. The van der Waals surface area contributed by atoms with E-state index in [-0.39, 0.29) is 49.6 Å². The van der Waals surface area contributed by atoms with Crippen LogP contribution in [-0.4, -0.2) is 68.7 Å². The Bertz CT molecular complexity index is 1930. The number of hydrogen-bond acceptors (Lipinski definition) is 12. The molecule has 0 aliphatic heterocycles. The van der Waals surface area contributed by atoms with E-state index >= 15 is 8.78 Å². The molecule has 0 aliphatic carbocycles. The Labute approximate surface area is 261 Å². The number of carboxylic acids is 2. The summed E-state index contributed by atoms with van der Waals surface area (Å²) >= 11 is 1.80. The zero-order valence-electron chi connectivity index (χ0n) is 23.5. The summed E-state index contributed by atoms with van der Waals surface area (Å²) in [6.45, 7) is -0.664. The van der Waals surface area contributed by atoms with E-state index in [1.165, 1.54) is 31.4 Å². The highest BCUT2D eigenvalue weighted by molar-refractivity contribution is 7.87. The van der Waals surface area contributed by atoms with Crippen molar-refractivity contribution >= 4 is 76.5 Å². The monoisotopic (exact) mass is 686 g/mol. The fraction of sp³-hybridized carbons (Fsp3) is 0.286. The molecule has 0 bridgehead atoms. The number of benzene rings is 2. The first-order valence-electron chi connectivity index (χ1n) is 12.9. The molecule has 4 rings (SSSR count). The van der Waals surface area contributed by atoms with E-state index in [9.17, 15) is 27.6 Å². The second-order valence-electron chi connectivity index (χ2n) is 9.32. The summed E-state index contributed by atoms with van der Waals surface area (Å²) < 4.78 is 77.7. The fourth-order valence-corrected chi connectivity index (χ4v) is 6.98. The van der Waals surface area contributed by atoms with Gasteiger partial charge in [0.15, 0.2) is 40.4 Å². The maximum Gasteiger partial charge on any atom is 0.312 e. The fourth-order valence-electron chi connectivity index (χ4n) is 4.09. The van der Waals surface area contributed by atoms with Crippen LogP contribution in [0.2, 0.25) is 0 Å². The minimum atomic E-state index is -4.58. The number of carbonyl (C=O) groups excluding carboxylic acids is 2. The topological polar surface area (TPSA) is 180 Å². The van der Waals surface area contributed by atoms with Crippen LogP contribution >= 0.6 is 22.7 Å². The molecule has 12 nitrogen and oxygen atoms in total. The standard InChI is InChI=1S/C28H24F2O12S3/c1-39-17-11-19-13(9-21(43-19)15(31)3-5-23(33)34)25(29)27(17)41-7-8-45(37,38)42-28-18(40-2)12-20-14(26(28)30)10-22(44-20)16(32)4-6-24(35)36/h9-12H,3-8H2,1-2H3,(H,33,34)(H,35,36). The molecule has 0 saturated heterocycles. The van der Waals surface area contributed by atoms with Gasteiger partial charge in [-0.3, -0.25) is 19.2 Å². The van der Waals surface area contributed by atoms with Crippen molar-refractivity contribution in [3.8, 4) is 23.0 Å². The van der Waals surface area contributed by atoms with Gasteiger partial charge in [0.05, 0.1) is 36.8 Å². The lowest BCUT2D eigenvalue weighted by Gasteiger charge is -2.14. The summed E-state index contributed by atoms with van der Waals surface area (Å²) in [7, 11) is -2.21. The summed E-state index contributed by atoms with van der Waals surface area (Å²) in [6, 6.07) is 5.07. The summed E-state index contributed by atoms with van der Waals surface area (Å²) in [5.74, 6) is -7.94. The van der Waals surface area contributed by atoms with Gasteiger partial charge < -0.3 is 28.6 Å². The maximum atomic E-state index is 15.5. The van der Waals surface area contributed by atoms with Crippen molar-refractivity contribution in [2.24, 2.45) is 0 Å². The molecule has 0 radical (unpaired) electrons. The highest BCUT2D eigenvalue weighted by atomic mass is 32.2. The van der Waals surface area contributed by atoms with Crippen LogP contribution in [0.1, 0.15) is 45.0 Å². The van der Waals surface area contributed by atoms with Gasteiger partial charge in [-0.15, -0.1) is 22.7 Å². The van der Waals surface area contributed by atoms with Crippen molar-refractivity contribution in [3.05, 3.63) is 45.7 Å². The van der Waals surface area contributed by atoms with Gasteiger partial charge in [-0.25, -0.2) is 8.78 Å². The SMILES string of the molecule is COc1cc2sc(C(=O)CCC(=O)O)cc2c(F)c1OCCS(=O)(=O)Oc1c(OC)cc2sc(C(=O)CCC(=O)O)cc2c1F. The van der Waals surface area contributed by atoms with Crippen molar-refractivity contribution in [1.82, 2.24) is 0 Å². The van der Waals surface area contributed by atoms with E-state index in [0.717, 1.165) is 29.8 Å². The number of fused-ring (bicyclic) bond motifs is 2. The van der Waals surface area contributed by atoms with Crippen LogP contribution in [0.3, 0.4) is 0 Å². The number of carboxylic acid groups (broad SMARTS) is 2. The number of ether oxygens (including phenoxy) is 3. The Balaban J connectivity index is 1.52. The van der Waals surface area contributed by atoms with Crippen molar-refractivity contribution in [2.45, 2.75) is 25.7 Å². The lowest BCUT2D eigenvalue weighted by atomic mass is 10.1. The maximum absolute atomic E-state index is 15.5. The molecular formula is C28H24F2O12S3. The minimum absolute atomic E-state index is 0.0229. The number of rotatable bonds is 16. The summed E-state index contributed by atoms with van der Waals surface area (Å²) in [5.41, 5.74) is 0. The van der Waals surface area contributed by atoms with E-state index in [0.29, 0.717) is 4.70 Å². The van der Waals surface area contributed by atoms with Crippen LogP contribution in [0, 0.1) is 11.6 Å². The number of aliphatic carboxylic acids is 2. The van der Waals surface area contributed by atoms with Gasteiger partial charge in [0.1, 0.15) is 12.4 Å². The molecule has 0 saturated carbocycles. The summed E-state index contributed by atoms with van der Waals surface area (Å²) in [6.07, 6.45) is -1.40. The van der Waals surface area contributed by atoms with Crippen LogP contribution in [0.4, 0.5) is 8.78 Å². The van der Waals surface area contributed by atoms with Crippen LogP contribution < -0.4 is 18.4 Å². The third kappa shape index (κ3) is 7.66. The molecule has 240 valence electrons. The third-order valence-corrected chi connectivity index (χ3v) is 9.61. The Hall–Kier alpha value is -4.35. The molecule has 2 aromatic heterocycles. The highest BCUT2D eigenvalue weighted by Gasteiger charge is 2.26.